The zero-order valence-electron chi connectivity index (χ0n) is 9.57. The molecule has 3 heteroatoms. The highest BCUT2D eigenvalue weighted by Crippen LogP contribution is 2.29. The van der Waals surface area contributed by atoms with Crippen molar-refractivity contribution in [1.29, 1.82) is 0 Å². The fourth-order valence-electron chi connectivity index (χ4n) is 2.05. The molecule has 1 atom stereocenters. The molecule has 0 spiro atoms. The van der Waals surface area contributed by atoms with Crippen LogP contribution in [-0.4, -0.2) is 16.3 Å². The lowest BCUT2D eigenvalue weighted by atomic mass is 10.0. The van der Waals surface area contributed by atoms with Crippen molar-refractivity contribution < 1.29 is 5.11 Å². The molecule has 1 heterocycles. The quantitative estimate of drug-likeness (QED) is 0.915. The van der Waals surface area contributed by atoms with Gasteiger partial charge in [-0.25, -0.2) is 0 Å². The number of aliphatic hydroxyl groups excluding tert-OH is 1. The van der Waals surface area contributed by atoms with E-state index in [1.165, 1.54) is 16.5 Å². The summed E-state index contributed by atoms with van der Waals surface area (Å²) in [6, 6.07) is 6.31. The highest BCUT2D eigenvalue weighted by molar-refractivity contribution is 9.10. The third kappa shape index (κ3) is 1.89. The molecule has 0 aliphatic heterocycles. The minimum absolute atomic E-state index is 0.185. The van der Waals surface area contributed by atoms with E-state index < -0.39 is 0 Å². The minimum Gasteiger partial charge on any atom is -0.396 e. The van der Waals surface area contributed by atoms with Gasteiger partial charge in [0.2, 0.25) is 0 Å². The van der Waals surface area contributed by atoms with Crippen LogP contribution in [0.3, 0.4) is 0 Å². The van der Waals surface area contributed by atoms with E-state index in [9.17, 15) is 5.11 Å². The summed E-state index contributed by atoms with van der Waals surface area (Å²) < 4.78 is 3.31. The molecule has 2 rings (SSSR count). The fourth-order valence-corrected chi connectivity index (χ4v) is 2.41. The van der Waals surface area contributed by atoms with Gasteiger partial charge in [-0.05, 0) is 30.7 Å². The Balaban J connectivity index is 2.68. The van der Waals surface area contributed by atoms with Crippen LogP contribution in [-0.2, 0) is 6.54 Å². The van der Waals surface area contributed by atoms with Gasteiger partial charge in [0.05, 0.1) is 0 Å². The number of fused-ring (bicyclic) bond motifs is 1. The molecule has 16 heavy (non-hydrogen) atoms. The van der Waals surface area contributed by atoms with Gasteiger partial charge in [0.25, 0.3) is 0 Å². The fraction of sp³-hybridized carbons (Fsp3) is 0.385. The van der Waals surface area contributed by atoms with Crippen molar-refractivity contribution in [3.05, 3.63) is 34.4 Å². The smallest absolute Gasteiger partial charge is 0.0497 e. The van der Waals surface area contributed by atoms with Gasteiger partial charge in [-0.15, -0.1) is 0 Å². The Labute approximate surface area is 104 Å². The van der Waals surface area contributed by atoms with Crippen LogP contribution in [0.5, 0.6) is 0 Å². The first-order chi connectivity index (χ1) is 7.67. The van der Waals surface area contributed by atoms with Crippen molar-refractivity contribution in [1.82, 2.24) is 4.57 Å². The van der Waals surface area contributed by atoms with E-state index in [0.29, 0.717) is 0 Å². The second-order valence-corrected chi connectivity index (χ2v) is 5.03. The van der Waals surface area contributed by atoms with Gasteiger partial charge in [0, 0.05) is 40.6 Å². The Morgan fingerprint density at radius 2 is 2.19 bits per heavy atom. The number of benzene rings is 1. The lowest BCUT2D eigenvalue weighted by Crippen LogP contribution is -1.97. The number of aromatic nitrogens is 1. The first-order valence-corrected chi connectivity index (χ1v) is 6.35. The van der Waals surface area contributed by atoms with Crippen LogP contribution < -0.4 is 0 Å². The molecule has 1 aromatic carbocycles. The second kappa shape index (κ2) is 4.60. The third-order valence-corrected chi connectivity index (χ3v) is 3.51. The number of hydrogen-bond donors (Lipinski definition) is 1. The largest absolute Gasteiger partial charge is 0.396 e. The topological polar surface area (TPSA) is 25.2 Å². The van der Waals surface area contributed by atoms with Crippen molar-refractivity contribution in [3.8, 4) is 0 Å². The Morgan fingerprint density at radius 3 is 2.81 bits per heavy atom. The molecule has 0 radical (unpaired) electrons. The third-order valence-electron chi connectivity index (χ3n) is 3.02. The maximum absolute atomic E-state index is 9.28. The molecule has 1 aromatic heterocycles. The monoisotopic (exact) mass is 281 g/mol. The van der Waals surface area contributed by atoms with Crippen molar-refractivity contribution >= 4 is 26.8 Å². The highest BCUT2D eigenvalue weighted by atomic mass is 79.9. The molecule has 1 N–H and O–H groups in total. The minimum atomic E-state index is 0.185. The second-order valence-electron chi connectivity index (χ2n) is 4.12. The molecule has 0 amide bonds. The highest BCUT2D eigenvalue weighted by Gasteiger charge is 2.13. The van der Waals surface area contributed by atoms with Gasteiger partial charge in [0.1, 0.15) is 0 Å². The van der Waals surface area contributed by atoms with E-state index in [4.69, 9.17) is 0 Å². The van der Waals surface area contributed by atoms with Crippen LogP contribution in [0.2, 0.25) is 0 Å². The number of aliphatic hydroxyl groups is 1. The van der Waals surface area contributed by atoms with Gasteiger partial charge < -0.3 is 9.67 Å². The van der Waals surface area contributed by atoms with Crippen molar-refractivity contribution in [3.63, 3.8) is 0 Å². The predicted molar refractivity (Wildman–Crippen MR) is 70.8 cm³/mol. The Kier molecular flexibility index (Phi) is 3.36. The molecule has 1 unspecified atom stereocenters. The molecular formula is C13H16BrNO. The zero-order chi connectivity index (χ0) is 11.7. The van der Waals surface area contributed by atoms with Gasteiger partial charge >= 0.3 is 0 Å². The van der Waals surface area contributed by atoms with E-state index in [2.05, 4.69) is 58.7 Å². The van der Waals surface area contributed by atoms with Crippen LogP contribution in [0.15, 0.2) is 28.9 Å². The Hall–Kier alpha value is -0.800. The van der Waals surface area contributed by atoms with E-state index in [0.717, 1.165) is 11.0 Å². The molecule has 0 fully saturated rings. The van der Waals surface area contributed by atoms with Crippen LogP contribution in [0.4, 0.5) is 0 Å². The number of halogens is 1. The predicted octanol–water partition coefficient (Wildman–Crippen LogP) is 3.52. The van der Waals surface area contributed by atoms with Gasteiger partial charge in [0.15, 0.2) is 0 Å². The average Bonchev–Trinajstić information content (AvgIpc) is 2.66. The molecule has 0 saturated heterocycles. The normalized spacial score (nSPS) is 13.2. The first-order valence-electron chi connectivity index (χ1n) is 5.56. The number of aryl methyl sites for hydroxylation is 1. The van der Waals surface area contributed by atoms with Crippen LogP contribution in [0.1, 0.15) is 25.3 Å². The van der Waals surface area contributed by atoms with Gasteiger partial charge in [-0.2, -0.15) is 0 Å². The molecule has 0 aliphatic carbocycles. The van der Waals surface area contributed by atoms with Crippen LogP contribution in [0.25, 0.3) is 10.9 Å². The summed E-state index contributed by atoms with van der Waals surface area (Å²) in [5.74, 6) is 0.185. The molecule has 0 bridgehead atoms. The summed E-state index contributed by atoms with van der Waals surface area (Å²) in [5.41, 5.74) is 2.46. The summed E-state index contributed by atoms with van der Waals surface area (Å²) in [6.07, 6.45) is 2.15. The number of nitrogens with zero attached hydrogens (tertiary/aromatic N) is 1. The van der Waals surface area contributed by atoms with Crippen molar-refractivity contribution in [2.75, 3.05) is 6.61 Å². The summed E-state index contributed by atoms with van der Waals surface area (Å²) in [4.78, 5) is 0. The summed E-state index contributed by atoms with van der Waals surface area (Å²) >= 11 is 3.50. The SMILES string of the molecule is CCn1cc(C(C)CO)c2cc(Br)ccc21. The van der Waals surface area contributed by atoms with Crippen molar-refractivity contribution in [2.45, 2.75) is 26.3 Å². The molecular weight excluding hydrogens is 266 g/mol. The Morgan fingerprint density at radius 1 is 1.44 bits per heavy atom. The number of hydrogen-bond acceptors (Lipinski definition) is 1. The maximum atomic E-state index is 9.28. The molecule has 0 aliphatic rings. The lowest BCUT2D eigenvalue weighted by molar-refractivity contribution is 0.273. The number of rotatable bonds is 3. The van der Waals surface area contributed by atoms with Crippen LogP contribution >= 0.6 is 15.9 Å². The maximum Gasteiger partial charge on any atom is 0.0497 e. The van der Waals surface area contributed by atoms with Gasteiger partial charge in [-0.3, -0.25) is 0 Å². The van der Waals surface area contributed by atoms with E-state index >= 15 is 0 Å². The molecule has 0 saturated carbocycles. The van der Waals surface area contributed by atoms with E-state index in [-0.39, 0.29) is 12.5 Å². The summed E-state index contributed by atoms with van der Waals surface area (Å²) in [5, 5.41) is 10.5. The summed E-state index contributed by atoms with van der Waals surface area (Å²) in [6.45, 7) is 5.33. The van der Waals surface area contributed by atoms with Crippen LogP contribution in [0, 0.1) is 0 Å². The van der Waals surface area contributed by atoms with E-state index in [1.54, 1.807) is 0 Å². The zero-order valence-corrected chi connectivity index (χ0v) is 11.2. The van der Waals surface area contributed by atoms with Crippen molar-refractivity contribution in [2.24, 2.45) is 0 Å². The molecule has 2 aromatic rings. The standard InChI is InChI=1S/C13H16BrNO/c1-3-15-7-12(9(2)8-16)11-6-10(14)4-5-13(11)15/h4-7,9,16H,3,8H2,1-2H3. The molecule has 2 nitrogen and oxygen atoms in total. The van der Waals surface area contributed by atoms with Gasteiger partial charge in [-0.1, -0.05) is 22.9 Å². The van der Waals surface area contributed by atoms with E-state index in [1.807, 2.05) is 0 Å². The lowest BCUT2D eigenvalue weighted by Gasteiger charge is -2.05. The first kappa shape index (κ1) is 11.7. The molecule has 86 valence electrons. The summed E-state index contributed by atoms with van der Waals surface area (Å²) in [7, 11) is 0. The Bertz CT molecular complexity index is 504. The average molecular weight is 282 g/mol.